The molecule has 0 spiro atoms. The summed E-state index contributed by atoms with van der Waals surface area (Å²) in [6.07, 6.45) is -4.44. The molecule has 1 aromatic rings. The highest BCUT2D eigenvalue weighted by molar-refractivity contribution is 6.31. The minimum absolute atomic E-state index is 0.0917. The summed E-state index contributed by atoms with van der Waals surface area (Å²) in [5.74, 6) is 0. The van der Waals surface area contributed by atoms with E-state index in [0.29, 0.717) is 0 Å². The van der Waals surface area contributed by atoms with E-state index in [1.165, 1.54) is 0 Å². The van der Waals surface area contributed by atoms with E-state index in [1.54, 1.807) is 0 Å². The van der Waals surface area contributed by atoms with Crippen LogP contribution in [0.5, 0.6) is 0 Å². The number of benzene rings is 1. The van der Waals surface area contributed by atoms with Crippen molar-refractivity contribution >= 4 is 11.6 Å². The van der Waals surface area contributed by atoms with Crippen molar-refractivity contribution in [3.8, 4) is 0 Å². The molecular formula is C9H9ClF3NO. The molecule has 1 aromatic carbocycles. The van der Waals surface area contributed by atoms with Crippen LogP contribution in [0.3, 0.4) is 0 Å². The van der Waals surface area contributed by atoms with E-state index < -0.39 is 24.4 Å². The Hall–Kier alpha value is -0.780. The van der Waals surface area contributed by atoms with Crippen LogP contribution in [0.15, 0.2) is 18.2 Å². The molecule has 2 nitrogen and oxygen atoms in total. The number of aliphatic hydroxyl groups is 1. The summed E-state index contributed by atoms with van der Waals surface area (Å²) in [5, 5.41) is 8.86. The lowest BCUT2D eigenvalue weighted by Gasteiger charge is -2.14. The zero-order valence-electron chi connectivity index (χ0n) is 7.55. The molecular weight excluding hydrogens is 231 g/mol. The molecule has 0 fully saturated rings. The first kappa shape index (κ1) is 12.3. The molecule has 0 bridgehead atoms. The molecule has 0 aromatic heterocycles. The van der Waals surface area contributed by atoms with Crippen molar-refractivity contribution in [2.75, 3.05) is 6.61 Å². The van der Waals surface area contributed by atoms with Crippen molar-refractivity contribution in [2.45, 2.75) is 12.2 Å². The van der Waals surface area contributed by atoms with Crippen molar-refractivity contribution in [3.63, 3.8) is 0 Å². The summed E-state index contributed by atoms with van der Waals surface area (Å²) in [5.41, 5.74) is 4.67. The Kier molecular flexibility index (Phi) is 3.59. The Morgan fingerprint density at radius 3 is 2.47 bits per heavy atom. The van der Waals surface area contributed by atoms with Gasteiger partial charge in [0.15, 0.2) is 0 Å². The van der Waals surface area contributed by atoms with Crippen LogP contribution >= 0.6 is 11.6 Å². The number of halogens is 4. The van der Waals surface area contributed by atoms with Crippen molar-refractivity contribution < 1.29 is 18.3 Å². The minimum atomic E-state index is -4.44. The average molecular weight is 240 g/mol. The molecule has 0 aliphatic carbocycles. The van der Waals surface area contributed by atoms with E-state index in [2.05, 4.69) is 0 Å². The fraction of sp³-hybridized carbons (Fsp3) is 0.333. The Labute approximate surface area is 89.5 Å². The van der Waals surface area contributed by atoms with Gasteiger partial charge >= 0.3 is 6.18 Å². The van der Waals surface area contributed by atoms with E-state index in [0.717, 1.165) is 18.2 Å². The van der Waals surface area contributed by atoms with Gasteiger partial charge in [-0.25, -0.2) is 0 Å². The number of rotatable bonds is 2. The average Bonchev–Trinajstić information content (AvgIpc) is 2.15. The van der Waals surface area contributed by atoms with E-state index in [9.17, 15) is 13.2 Å². The van der Waals surface area contributed by atoms with Crippen LogP contribution in [0.2, 0.25) is 5.02 Å². The van der Waals surface area contributed by atoms with Crippen molar-refractivity contribution in [3.05, 3.63) is 34.3 Å². The zero-order valence-corrected chi connectivity index (χ0v) is 8.31. The Morgan fingerprint density at radius 2 is 2.00 bits per heavy atom. The molecule has 0 aliphatic rings. The fourth-order valence-electron chi connectivity index (χ4n) is 1.10. The van der Waals surface area contributed by atoms with Crippen LogP contribution in [-0.2, 0) is 6.18 Å². The first-order chi connectivity index (χ1) is 6.86. The van der Waals surface area contributed by atoms with Gasteiger partial charge in [0, 0.05) is 5.02 Å². The van der Waals surface area contributed by atoms with Crippen LogP contribution in [-0.4, -0.2) is 11.7 Å². The lowest BCUT2D eigenvalue weighted by atomic mass is 10.0. The molecule has 3 N–H and O–H groups in total. The maximum absolute atomic E-state index is 12.3. The molecule has 0 unspecified atom stereocenters. The number of aliphatic hydroxyl groups excluding tert-OH is 1. The van der Waals surface area contributed by atoms with Crippen molar-refractivity contribution in [1.82, 2.24) is 0 Å². The van der Waals surface area contributed by atoms with Gasteiger partial charge in [0.25, 0.3) is 0 Å². The highest BCUT2D eigenvalue weighted by Gasteiger charge is 2.31. The van der Waals surface area contributed by atoms with Gasteiger partial charge in [-0.1, -0.05) is 11.6 Å². The molecule has 0 amide bonds. The van der Waals surface area contributed by atoms with Gasteiger partial charge in [0.2, 0.25) is 0 Å². The standard InChI is InChI=1S/C9H9ClF3NO/c10-7-2-1-5(9(11,12)13)3-6(7)8(14)4-15/h1-3,8,15H,4,14H2/t8-/m1/s1. The maximum atomic E-state index is 12.3. The van der Waals surface area contributed by atoms with Gasteiger partial charge < -0.3 is 10.8 Å². The van der Waals surface area contributed by atoms with Gasteiger partial charge in [0.05, 0.1) is 18.2 Å². The SMILES string of the molecule is N[C@H](CO)c1cc(C(F)(F)F)ccc1Cl. The normalized spacial score (nSPS) is 14.0. The molecule has 6 heteroatoms. The van der Waals surface area contributed by atoms with Crippen molar-refractivity contribution in [1.29, 1.82) is 0 Å². The summed E-state index contributed by atoms with van der Waals surface area (Å²) in [7, 11) is 0. The molecule has 0 saturated heterocycles. The van der Waals surface area contributed by atoms with E-state index >= 15 is 0 Å². The summed E-state index contributed by atoms with van der Waals surface area (Å²) in [4.78, 5) is 0. The third-order valence-electron chi connectivity index (χ3n) is 1.92. The first-order valence-corrected chi connectivity index (χ1v) is 4.47. The summed E-state index contributed by atoms with van der Waals surface area (Å²) in [6.45, 7) is -0.457. The second-order valence-corrected chi connectivity index (χ2v) is 3.43. The molecule has 1 rings (SSSR count). The predicted molar refractivity (Wildman–Crippen MR) is 50.5 cm³/mol. The molecule has 0 heterocycles. The Morgan fingerprint density at radius 1 is 1.40 bits per heavy atom. The molecule has 15 heavy (non-hydrogen) atoms. The largest absolute Gasteiger partial charge is 0.416 e. The van der Waals surface area contributed by atoms with Crippen LogP contribution in [0, 0.1) is 0 Å². The second kappa shape index (κ2) is 4.38. The van der Waals surface area contributed by atoms with E-state index in [1.807, 2.05) is 0 Å². The smallest absolute Gasteiger partial charge is 0.394 e. The summed E-state index contributed by atoms with van der Waals surface area (Å²) >= 11 is 5.66. The van der Waals surface area contributed by atoms with Crippen LogP contribution in [0.25, 0.3) is 0 Å². The molecule has 0 saturated carbocycles. The number of nitrogens with two attached hydrogens (primary N) is 1. The molecule has 0 aliphatic heterocycles. The fourth-order valence-corrected chi connectivity index (χ4v) is 1.36. The third-order valence-corrected chi connectivity index (χ3v) is 2.26. The highest BCUT2D eigenvalue weighted by atomic mass is 35.5. The number of alkyl halides is 3. The van der Waals surface area contributed by atoms with Gasteiger partial charge in [-0.3, -0.25) is 0 Å². The van der Waals surface area contributed by atoms with Crippen LogP contribution < -0.4 is 5.73 Å². The molecule has 1 atom stereocenters. The van der Waals surface area contributed by atoms with Gasteiger partial charge in [-0.2, -0.15) is 13.2 Å². The zero-order chi connectivity index (χ0) is 11.6. The van der Waals surface area contributed by atoms with E-state index in [4.69, 9.17) is 22.4 Å². The third kappa shape index (κ3) is 2.84. The Balaban J connectivity index is 3.17. The lowest BCUT2D eigenvalue weighted by molar-refractivity contribution is -0.137. The minimum Gasteiger partial charge on any atom is -0.394 e. The first-order valence-electron chi connectivity index (χ1n) is 4.09. The van der Waals surface area contributed by atoms with Crippen molar-refractivity contribution in [2.24, 2.45) is 5.73 Å². The van der Waals surface area contributed by atoms with E-state index in [-0.39, 0.29) is 10.6 Å². The molecule has 84 valence electrons. The summed E-state index contributed by atoms with van der Waals surface area (Å²) < 4.78 is 37.0. The lowest BCUT2D eigenvalue weighted by Crippen LogP contribution is -2.16. The van der Waals surface area contributed by atoms with Gasteiger partial charge in [-0.15, -0.1) is 0 Å². The molecule has 0 radical (unpaired) electrons. The maximum Gasteiger partial charge on any atom is 0.416 e. The predicted octanol–water partition coefficient (Wildman–Crippen LogP) is 2.35. The van der Waals surface area contributed by atoms with Gasteiger partial charge in [-0.05, 0) is 23.8 Å². The number of hydrogen-bond acceptors (Lipinski definition) is 2. The number of hydrogen-bond donors (Lipinski definition) is 2. The van der Waals surface area contributed by atoms with Gasteiger partial charge in [0.1, 0.15) is 0 Å². The topological polar surface area (TPSA) is 46.2 Å². The highest BCUT2D eigenvalue weighted by Crippen LogP contribution is 2.33. The summed E-state index contributed by atoms with van der Waals surface area (Å²) in [6, 6.07) is 1.94. The monoisotopic (exact) mass is 239 g/mol. The van der Waals surface area contributed by atoms with Crippen LogP contribution in [0.4, 0.5) is 13.2 Å². The van der Waals surface area contributed by atoms with Crippen LogP contribution in [0.1, 0.15) is 17.2 Å². The quantitative estimate of drug-likeness (QED) is 0.832. The second-order valence-electron chi connectivity index (χ2n) is 3.02. The Bertz CT molecular complexity index is 354.